The van der Waals surface area contributed by atoms with Gasteiger partial charge in [0.25, 0.3) is 0 Å². The third-order valence-corrected chi connectivity index (χ3v) is 1.24. The molecular weight excluding hydrogens is 267 g/mol. The minimum Gasteiger partial charge on any atom is -0.480 e. The summed E-state index contributed by atoms with van der Waals surface area (Å²) >= 11 is 0. The van der Waals surface area contributed by atoms with E-state index in [1.165, 1.54) is 6.92 Å². The molecule has 0 saturated heterocycles. The largest absolute Gasteiger partial charge is 0.480 e. The van der Waals surface area contributed by atoms with Gasteiger partial charge in [0.2, 0.25) is 6.41 Å². The normalized spacial score (nSPS) is 11.1. The van der Waals surface area contributed by atoms with E-state index in [1.807, 2.05) is 12.2 Å². The van der Waals surface area contributed by atoms with Gasteiger partial charge in [0, 0.05) is 19.0 Å². The van der Waals surface area contributed by atoms with Crippen LogP contribution in [0.4, 0.5) is 13.2 Å². The second-order valence-electron chi connectivity index (χ2n) is 3.47. The van der Waals surface area contributed by atoms with Crippen LogP contribution >= 0.6 is 0 Å². The number of amides is 1. The molecule has 0 bridgehead atoms. The van der Waals surface area contributed by atoms with Crippen LogP contribution in [0.3, 0.4) is 0 Å². The fourth-order valence-corrected chi connectivity index (χ4v) is 0.412. The quantitative estimate of drug-likeness (QED) is 0.548. The van der Waals surface area contributed by atoms with Crippen molar-refractivity contribution in [3.05, 3.63) is 0 Å². The molecule has 1 amide bonds. The molecule has 0 fully saturated rings. The van der Waals surface area contributed by atoms with Gasteiger partial charge in [-0.3, -0.25) is 9.59 Å². The van der Waals surface area contributed by atoms with Gasteiger partial charge in [0.05, 0.1) is 0 Å². The van der Waals surface area contributed by atoms with Gasteiger partial charge in [0.1, 0.15) is 6.54 Å². The Kier molecular flexibility index (Phi) is 17.7. The lowest BCUT2D eigenvalue weighted by atomic mass is 10.3. The van der Waals surface area contributed by atoms with Crippen LogP contribution in [-0.4, -0.2) is 42.8 Å². The Balaban J connectivity index is -0.000000206. The van der Waals surface area contributed by atoms with Gasteiger partial charge in [-0.2, -0.15) is 13.2 Å². The first kappa shape index (κ1) is 22.8. The van der Waals surface area contributed by atoms with Gasteiger partial charge < -0.3 is 21.9 Å². The fraction of sp³-hybridized carbons (Fsp3) is 0.800. The van der Waals surface area contributed by atoms with Crippen LogP contribution in [0.2, 0.25) is 0 Å². The summed E-state index contributed by atoms with van der Waals surface area (Å²) in [4.78, 5) is 18.9. The highest BCUT2D eigenvalue weighted by Crippen LogP contribution is 2.20. The molecule has 0 aromatic carbocycles. The Bertz CT molecular complexity index is 224. The molecule has 116 valence electrons. The van der Waals surface area contributed by atoms with Crippen LogP contribution in [0, 0.1) is 0 Å². The molecule has 0 rings (SSSR count). The predicted octanol–water partition coefficient (Wildman–Crippen LogP) is 0.458. The molecule has 0 saturated carbocycles. The highest BCUT2D eigenvalue weighted by molar-refractivity contribution is 5.71. The second kappa shape index (κ2) is 14.7. The summed E-state index contributed by atoms with van der Waals surface area (Å²) in [5.41, 5.74) is 10.2. The lowest BCUT2D eigenvalue weighted by molar-refractivity contribution is -0.137. The Morgan fingerprint density at radius 1 is 1.47 bits per heavy atom. The Morgan fingerprint density at radius 3 is 1.95 bits per heavy atom. The number of carbonyl (C=O) groups excluding carboxylic acids is 1. The number of carboxylic acid groups (broad SMARTS) is 1. The molecule has 0 radical (unpaired) electrons. The van der Waals surface area contributed by atoms with Crippen molar-refractivity contribution >= 4 is 12.4 Å². The van der Waals surface area contributed by atoms with Crippen molar-refractivity contribution < 1.29 is 27.9 Å². The zero-order chi connectivity index (χ0) is 15.9. The fourth-order valence-electron chi connectivity index (χ4n) is 0.412. The van der Waals surface area contributed by atoms with E-state index in [2.05, 4.69) is 0 Å². The topological polar surface area (TPSA) is 118 Å². The monoisotopic (exact) mass is 289 g/mol. The first-order valence-electron chi connectivity index (χ1n) is 5.51. The number of hydrogen-bond acceptors (Lipinski definition) is 4. The van der Waals surface area contributed by atoms with E-state index in [4.69, 9.17) is 16.6 Å². The molecule has 6 N–H and O–H groups in total. The maximum absolute atomic E-state index is 11.1. The van der Waals surface area contributed by atoms with Gasteiger partial charge >= 0.3 is 12.1 Å². The number of nitrogens with one attached hydrogen (secondary N) is 1. The van der Waals surface area contributed by atoms with Gasteiger partial charge in [-0.1, -0.05) is 6.92 Å². The zero-order valence-corrected chi connectivity index (χ0v) is 11.0. The van der Waals surface area contributed by atoms with E-state index in [0.29, 0.717) is 13.0 Å². The zero-order valence-electron chi connectivity index (χ0n) is 11.0. The van der Waals surface area contributed by atoms with E-state index >= 15 is 0 Å². The minimum absolute atomic E-state index is 0.162. The highest BCUT2D eigenvalue weighted by atomic mass is 19.4. The number of alkyl halides is 3. The van der Waals surface area contributed by atoms with E-state index in [9.17, 15) is 22.8 Å². The third-order valence-electron chi connectivity index (χ3n) is 1.24. The van der Waals surface area contributed by atoms with Gasteiger partial charge in [-0.25, -0.2) is 0 Å². The number of rotatable bonds is 5. The summed E-state index contributed by atoms with van der Waals surface area (Å²) in [5, 5.41) is 9.79. The summed E-state index contributed by atoms with van der Waals surface area (Å²) in [7, 11) is 0. The molecule has 1 unspecified atom stereocenters. The van der Waals surface area contributed by atoms with Crippen LogP contribution in [0.15, 0.2) is 0 Å². The van der Waals surface area contributed by atoms with Crippen molar-refractivity contribution in [1.29, 1.82) is 0 Å². The van der Waals surface area contributed by atoms with Crippen molar-refractivity contribution in [3.8, 4) is 0 Å². The lowest BCUT2D eigenvalue weighted by Crippen LogP contribution is -2.25. The number of halogens is 3. The van der Waals surface area contributed by atoms with Crippen molar-refractivity contribution in [2.45, 2.75) is 38.9 Å². The predicted molar refractivity (Wildman–Crippen MR) is 65.4 cm³/mol. The van der Waals surface area contributed by atoms with Crippen molar-refractivity contribution in [3.63, 3.8) is 0 Å². The summed E-state index contributed by atoms with van der Waals surface area (Å²) in [5.74, 6) is -1.04. The van der Waals surface area contributed by atoms with E-state index in [1.54, 1.807) is 0 Å². The second-order valence-corrected chi connectivity index (χ2v) is 3.47. The van der Waals surface area contributed by atoms with Crippen LogP contribution in [0.25, 0.3) is 0 Å². The molecule has 1 atom stereocenters. The first-order chi connectivity index (χ1) is 8.60. The summed E-state index contributed by atoms with van der Waals surface area (Å²) in [6.07, 6.45) is -4.08. The molecule has 19 heavy (non-hydrogen) atoms. The number of carbonyl (C=O) groups is 2. The molecule has 0 aliphatic rings. The Hall–Kier alpha value is -1.35. The summed E-state index contributed by atoms with van der Waals surface area (Å²) in [6.45, 7) is 3.66. The number of hydrogen-bond donors (Lipinski definition) is 4. The summed E-state index contributed by atoms with van der Waals surface area (Å²) in [6, 6.07) is 0.162. The summed E-state index contributed by atoms with van der Waals surface area (Å²) < 4.78 is 33.2. The molecule has 0 aromatic heterocycles. The Labute approximate surface area is 110 Å². The standard InChI is InChI=1S/C4H7F3.C3H10N2.C3H5NO3/c1-2-3-4(5,6)7;1-3(5)2-4;5-2-4-1-3(6)7/h2-3H2,1H3;3H,2,4-5H2,1H3;2H,1H2,(H,4,5)(H,6,7). The van der Waals surface area contributed by atoms with E-state index < -0.39 is 18.6 Å². The van der Waals surface area contributed by atoms with Crippen LogP contribution in [-0.2, 0) is 9.59 Å². The van der Waals surface area contributed by atoms with Gasteiger partial charge in [0.15, 0.2) is 0 Å². The molecule has 9 heteroatoms. The van der Waals surface area contributed by atoms with Crippen molar-refractivity contribution in [1.82, 2.24) is 5.32 Å². The Morgan fingerprint density at radius 2 is 1.89 bits per heavy atom. The molecule has 0 aliphatic carbocycles. The molecular formula is C10H22F3N3O3. The third kappa shape index (κ3) is 47.8. The number of aliphatic carboxylic acids is 1. The molecule has 6 nitrogen and oxygen atoms in total. The maximum Gasteiger partial charge on any atom is 0.389 e. The minimum atomic E-state index is -3.95. The maximum atomic E-state index is 11.1. The molecule has 0 spiro atoms. The van der Waals surface area contributed by atoms with Crippen molar-refractivity contribution in [2.24, 2.45) is 11.5 Å². The average molecular weight is 289 g/mol. The first-order valence-corrected chi connectivity index (χ1v) is 5.51. The SMILES string of the molecule is CC(N)CN.CCCC(F)(F)F.O=CNCC(=O)O. The van der Waals surface area contributed by atoms with Gasteiger partial charge in [-0.05, 0) is 13.3 Å². The smallest absolute Gasteiger partial charge is 0.389 e. The molecule has 0 heterocycles. The van der Waals surface area contributed by atoms with E-state index in [-0.39, 0.29) is 19.0 Å². The van der Waals surface area contributed by atoms with E-state index in [0.717, 1.165) is 0 Å². The highest BCUT2D eigenvalue weighted by Gasteiger charge is 2.24. The number of nitrogens with two attached hydrogens (primary N) is 2. The van der Waals surface area contributed by atoms with Crippen LogP contribution < -0.4 is 16.8 Å². The van der Waals surface area contributed by atoms with Crippen LogP contribution in [0.1, 0.15) is 26.7 Å². The lowest BCUT2D eigenvalue weighted by Gasteiger charge is -2.00. The molecule has 0 aromatic rings. The number of carboxylic acids is 1. The van der Waals surface area contributed by atoms with Gasteiger partial charge in [-0.15, -0.1) is 0 Å². The van der Waals surface area contributed by atoms with Crippen LogP contribution in [0.5, 0.6) is 0 Å². The average Bonchev–Trinajstić information content (AvgIpc) is 2.26. The van der Waals surface area contributed by atoms with Crippen molar-refractivity contribution in [2.75, 3.05) is 13.1 Å². The molecule has 0 aliphatic heterocycles.